The lowest BCUT2D eigenvalue weighted by Gasteiger charge is -2.04. The molecule has 2 rings (SSSR count). The Morgan fingerprint density at radius 1 is 1.30 bits per heavy atom. The van der Waals surface area contributed by atoms with Gasteiger partial charge in [-0.2, -0.15) is 0 Å². The Labute approximate surface area is 137 Å². The van der Waals surface area contributed by atoms with Crippen LogP contribution in [-0.2, 0) is 6.42 Å². The molecule has 0 bridgehead atoms. The number of aryl methyl sites for hydroxylation is 2. The average molecular weight is 400 g/mol. The van der Waals surface area contributed by atoms with Crippen LogP contribution in [0.25, 0.3) is 0 Å². The number of rotatable bonds is 6. The highest BCUT2D eigenvalue weighted by atomic mass is 127. The molecule has 0 radical (unpaired) electrons. The molecule has 0 aliphatic heterocycles. The first kappa shape index (κ1) is 15.4. The smallest absolute Gasteiger partial charge is 0.251 e. The number of hydrogen-bond donors (Lipinski definition) is 1. The molecule has 2 aromatic rings. The number of unbranched alkanes of at least 4 members (excludes halogenated alkanes) is 1. The van der Waals surface area contributed by atoms with E-state index < -0.39 is 0 Å². The molecular formula is C15H17IN2OS. The van der Waals surface area contributed by atoms with E-state index >= 15 is 0 Å². The second-order valence-electron chi connectivity index (χ2n) is 4.60. The summed E-state index contributed by atoms with van der Waals surface area (Å²) in [6.45, 7) is 2.73. The van der Waals surface area contributed by atoms with Crippen molar-refractivity contribution in [3.8, 4) is 0 Å². The molecule has 0 aliphatic carbocycles. The van der Waals surface area contributed by atoms with Gasteiger partial charge in [0.15, 0.2) is 0 Å². The van der Waals surface area contributed by atoms with E-state index in [0.29, 0.717) is 0 Å². The van der Waals surface area contributed by atoms with Crippen LogP contribution in [-0.4, -0.2) is 17.4 Å². The van der Waals surface area contributed by atoms with Gasteiger partial charge in [-0.15, -0.1) is 11.3 Å². The first-order valence-corrected chi connectivity index (χ1v) is 8.56. The van der Waals surface area contributed by atoms with Crippen molar-refractivity contribution in [2.75, 3.05) is 6.54 Å². The van der Waals surface area contributed by atoms with E-state index in [1.165, 1.54) is 5.01 Å². The maximum atomic E-state index is 11.9. The van der Waals surface area contributed by atoms with Crippen LogP contribution in [0.1, 0.15) is 33.9 Å². The van der Waals surface area contributed by atoms with E-state index in [9.17, 15) is 4.79 Å². The largest absolute Gasteiger partial charge is 0.352 e. The summed E-state index contributed by atoms with van der Waals surface area (Å²) in [5.74, 6) is 0.00601. The number of carbonyl (C=O) groups excluding carboxylic acids is 1. The van der Waals surface area contributed by atoms with Gasteiger partial charge in [0.05, 0.1) is 5.01 Å². The van der Waals surface area contributed by atoms with Crippen LogP contribution in [0.15, 0.2) is 29.6 Å². The summed E-state index contributed by atoms with van der Waals surface area (Å²) in [4.78, 5) is 16.3. The molecule has 5 heteroatoms. The second kappa shape index (κ2) is 7.73. The summed E-state index contributed by atoms with van der Waals surface area (Å²) in [5, 5.41) is 6.22. The number of thiazole rings is 1. The van der Waals surface area contributed by atoms with Crippen molar-refractivity contribution in [3.63, 3.8) is 0 Å². The molecule has 0 aliphatic rings. The fourth-order valence-electron chi connectivity index (χ4n) is 1.82. The minimum Gasteiger partial charge on any atom is -0.352 e. The summed E-state index contributed by atoms with van der Waals surface area (Å²) in [5.41, 5.74) is 1.82. The van der Waals surface area contributed by atoms with Crippen LogP contribution in [0, 0.1) is 10.5 Å². The van der Waals surface area contributed by atoms with Crippen LogP contribution in [0.3, 0.4) is 0 Å². The molecule has 0 spiro atoms. The topological polar surface area (TPSA) is 42.0 Å². The van der Waals surface area contributed by atoms with Crippen molar-refractivity contribution in [2.24, 2.45) is 0 Å². The Balaban J connectivity index is 1.65. The lowest BCUT2D eigenvalue weighted by atomic mass is 10.2. The van der Waals surface area contributed by atoms with Gasteiger partial charge in [0, 0.05) is 26.8 Å². The molecule has 106 valence electrons. The highest BCUT2D eigenvalue weighted by Crippen LogP contribution is 2.11. The first-order chi connectivity index (χ1) is 9.65. The minimum absolute atomic E-state index is 0.00601. The summed E-state index contributed by atoms with van der Waals surface area (Å²) in [7, 11) is 0. The lowest BCUT2D eigenvalue weighted by molar-refractivity contribution is 0.0953. The summed E-state index contributed by atoms with van der Waals surface area (Å²) in [6.07, 6.45) is 3.03. The van der Waals surface area contributed by atoms with Crippen molar-refractivity contribution in [2.45, 2.75) is 26.2 Å². The maximum absolute atomic E-state index is 11.9. The highest BCUT2D eigenvalue weighted by Gasteiger charge is 2.04. The zero-order valence-electron chi connectivity index (χ0n) is 11.4. The number of halogens is 1. The molecular weight excluding hydrogens is 383 g/mol. The molecule has 1 aromatic carbocycles. The van der Waals surface area contributed by atoms with Crippen LogP contribution in [0.4, 0.5) is 0 Å². The molecule has 0 saturated heterocycles. The lowest BCUT2D eigenvalue weighted by Crippen LogP contribution is -2.24. The van der Waals surface area contributed by atoms with E-state index in [4.69, 9.17) is 0 Å². The molecule has 0 unspecified atom stereocenters. The average Bonchev–Trinajstić information content (AvgIpc) is 2.84. The number of nitrogens with one attached hydrogen (secondary N) is 1. The van der Waals surface area contributed by atoms with Crippen LogP contribution in [0.2, 0.25) is 0 Å². The molecule has 1 amide bonds. The Kier molecular flexibility index (Phi) is 5.97. The standard InChI is InChI=1S/C15H17IN2OS/c1-11-10-20-14(18-11)4-2-3-9-17-15(19)12-5-7-13(16)8-6-12/h5-8,10H,2-4,9H2,1H3,(H,17,19). The van der Waals surface area contributed by atoms with E-state index in [-0.39, 0.29) is 5.91 Å². The zero-order valence-corrected chi connectivity index (χ0v) is 14.3. The van der Waals surface area contributed by atoms with Gasteiger partial charge in [0.25, 0.3) is 5.91 Å². The Morgan fingerprint density at radius 3 is 2.70 bits per heavy atom. The Bertz CT molecular complexity index is 566. The van der Waals surface area contributed by atoms with Gasteiger partial charge >= 0.3 is 0 Å². The third-order valence-electron chi connectivity index (χ3n) is 2.88. The second-order valence-corrected chi connectivity index (χ2v) is 6.79. The monoisotopic (exact) mass is 400 g/mol. The quantitative estimate of drug-likeness (QED) is 0.592. The Morgan fingerprint density at radius 2 is 2.05 bits per heavy atom. The molecule has 0 saturated carbocycles. The first-order valence-electron chi connectivity index (χ1n) is 6.60. The van der Waals surface area contributed by atoms with E-state index in [1.807, 2.05) is 31.2 Å². The van der Waals surface area contributed by atoms with Crippen molar-refractivity contribution in [1.82, 2.24) is 10.3 Å². The summed E-state index contributed by atoms with van der Waals surface area (Å²) >= 11 is 3.94. The van der Waals surface area contributed by atoms with Crippen molar-refractivity contribution < 1.29 is 4.79 Å². The normalized spacial score (nSPS) is 10.5. The molecule has 1 aromatic heterocycles. The Hall–Kier alpha value is -0.950. The predicted octanol–water partition coefficient (Wildman–Crippen LogP) is 3.81. The maximum Gasteiger partial charge on any atom is 0.251 e. The van der Waals surface area contributed by atoms with Gasteiger partial charge in [0.1, 0.15) is 0 Å². The van der Waals surface area contributed by atoms with Crippen LogP contribution in [0.5, 0.6) is 0 Å². The van der Waals surface area contributed by atoms with Crippen molar-refractivity contribution >= 4 is 39.8 Å². The van der Waals surface area contributed by atoms with Gasteiger partial charge in [-0.3, -0.25) is 4.79 Å². The number of benzene rings is 1. The third-order valence-corrected chi connectivity index (χ3v) is 4.62. The van der Waals surface area contributed by atoms with Crippen LogP contribution >= 0.6 is 33.9 Å². The number of nitrogens with zero attached hydrogens (tertiary/aromatic N) is 1. The van der Waals surface area contributed by atoms with Crippen molar-refractivity contribution in [3.05, 3.63) is 49.5 Å². The van der Waals surface area contributed by atoms with E-state index in [1.54, 1.807) is 11.3 Å². The molecule has 1 N–H and O–H groups in total. The molecule has 20 heavy (non-hydrogen) atoms. The summed E-state index contributed by atoms with van der Waals surface area (Å²) in [6, 6.07) is 7.60. The van der Waals surface area contributed by atoms with Gasteiger partial charge in [-0.25, -0.2) is 4.98 Å². The van der Waals surface area contributed by atoms with Gasteiger partial charge in [-0.1, -0.05) is 0 Å². The number of aromatic nitrogens is 1. The SMILES string of the molecule is Cc1csc(CCCCNC(=O)c2ccc(I)cc2)n1. The number of amides is 1. The van der Waals surface area contributed by atoms with Gasteiger partial charge in [0.2, 0.25) is 0 Å². The van der Waals surface area contributed by atoms with Crippen LogP contribution < -0.4 is 5.32 Å². The van der Waals surface area contributed by atoms with Gasteiger partial charge < -0.3 is 5.32 Å². The molecule has 0 fully saturated rings. The fourth-order valence-corrected chi connectivity index (χ4v) is 3.00. The number of carbonyl (C=O) groups is 1. The van der Waals surface area contributed by atoms with Crippen molar-refractivity contribution in [1.29, 1.82) is 0 Å². The highest BCUT2D eigenvalue weighted by molar-refractivity contribution is 14.1. The molecule has 3 nitrogen and oxygen atoms in total. The van der Waals surface area contributed by atoms with E-state index in [2.05, 4.69) is 38.3 Å². The summed E-state index contributed by atoms with van der Waals surface area (Å²) < 4.78 is 1.14. The number of hydrogen-bond acceptors (Lipinski definition) is 3. The van der Waals surface area contributed by atoms with E-state index in [0.717, 1.165) is 40.6 Å². The van der Waals surface area contributed by atoms with Gasteiger partial charge in [-0.05, 0) is 73.0 Å². The molecule has 0 atom stereocenters. The zero-order chi connectivity index (χ0) is 14.4. The predicted molar refractivity (Wildman–Crippen MR) is 91.3 cm³/mol. The minimum atomic E-state index is 0.00601. The third kappa shape index (κ3) is 4.86. The molecule has 1 heterocycles. The fraction of sp³-hybridized carbons (Fsp3) is 0.333.